The van der Waals surface area contributed by atoms with Crippen LogP contribution in [0.2, 0.25) is 0 Å². The molecule has 3 atom stereocenters. The third-order valence-electron chi connectivity index (χ3n) is 5.61. The van der Waals surface area contributed by atoms with E-state index in [4.69, 9.17) is 0 Å². The number of nitrogens with one attached hydrogen (secondary N) is 1. The summed E-state index contributed by atoms with van der Waals surface area (Å²) in [6, 6.07) is 12.3. The van der Waals surface area contributed by atoms with Gasteiger partial charge in [0.1, 0.15) is 12.4 Å². The number of nitrogens with zero attached hydrogens (tertiary/aromatic N) is 1. The predicted molar refractivity (Wildman–Crippen MR) is 102 cm³/mol. The highest BCUT2D eigenvalue weighted by atomic mass is 32.2. The fraction of sp³-hybridized carbons (Fsp3) is 0.350. The van der Waals surface area contributed by atoms with Crippen molar-refractivity contribution in [1.29, 1.82) is 0 Å². The molecule has 1 aliphatic heterocycles. The van der Waals surface area contributed by atoms with Crippen molar-refractivity contribution in [3.8, 4) is 0 Å². The molecule has 3 unspecified atom stereocenters. The third-order valence-corrected chi connectivity index (χ3v) is 7.15. The van der Waals surface area contributed by atoms with Crippen LogP contribution < -0.4 is 9.62 Å². The van der Waals surface area contributed by atoms with Gasteiger partial charge in [-0.2, -0.15) is 0 Å². The SMILES string of the molecule is O=C(O)CN1c2ccccc2C2CC(NS(=O)(=O)c3ccc(F)cc3)CCC21. The highest BCUT2D eigenvalue weighted by molar-refractivity contribution is 7.89. The van der Waals surface area contributed by atoms with Crippen molar-refractivity contribution in [3.05, 3.63) is 59.9 Å². The Morgan fingerprint density at radius 3 is 2.57 bits per heavy atom. The molecule has 2 N–H and O–H groups in total. The van der Waals surface area contributed by atoms with Crippen molar-refractivity contribution in [3.63, 3.8) is 0 Å². The molecule has 4 rings (SSSR count). The number of halogens is 1. The molecule has 0 spiro atoms. The van der Waals surface area contributed by atoms with E-state index in [1.165, 1.54) is 12.1 Å². The van der Waals surface area contributed by atoms with Gasteiger partial charge in [0.15, 0.2) is 0 Å². The summed E-state index contributed by atoms with van der Waals surface area (Å²) in [5.74, 6) is -1.29. The van der Waals surface area contributed by atoms with Gasteiger partial charge in [0.25, 0.3) is 0 Å². The summed E-state index contributed by atoms with van der Waals surface area (Å²) < 4.78 is 41.1. The molecule has 148 valence electrons. The number of aliphatic carboxylic acids is 1. The van der Waals surface area contributed by atoms with Gasteiger partial charge in [-0.3, -0.25) is 4.79 Å². The minimum Gasteiger partial charge on any atom is -0.480 e. The van der Waals surface area contributed by atoms with Crippen molar-refractivity contribution in [2.24, 2.45) is 0 Å². The van der Waals surface area contributed by atoms with Crippen molar-refractivity contribution in [2.45, 2.75) is 42.2 Å². The van der Waals surface area contributed by atoms with Crippen molar-refractivity contribution >= 4 is 21.7 Å². The molecule has 2 aromatic carbocycles. The zero-order chi connectivity index (χ0) is 19.9. The van der Waals surface area contributed by atoms with E-state index in [-0.39, 0.29) is 29.4 Å². The number of anilines is 1. The van der Waals surface area contributed by atoms with Gasteiger partial charge >= 0.3 is 5.97 Å². The Hall–Kier alpha value is -2.45. The summed E-state index contributed by atoms with van der Waals surface area (Å²) in [5.41, 5.74) is 1.99. The van der Waals surface area contributed by atoms with Gasteiger partial charge in [-0.25, -0.2) is 17.5 Å². The quantitative estimate of drug-likeness (QED) is 0.800. The molecule has 0 bridgehead atoms. The Morgan fingerprint density at radius 2 is 1.86 bits per heavy atom. The highest BCUT2D eigenvalue weighted by Gasteiger charge is 2.43. The number of fused-ring (bicyclic) bond motifs is 3. The molecule has 28 heavy (non-hydrogen) atoms. The standard InChI is InChI=1S/C20H21FN2O4S/c21-13-5-8-15(9-6-13)28(26,27)22-14-7-10-19-17(11-14)16-3-1-2-4-18(16)23(19)12-20(24)25/h1-6,8-9,14,17,19,22H,7,10-12H2,(H,24,25). The van der Waals surface area contributed by atoms with Gasteiger partial charge in [-0.05, 0) is 55.2 Å². The maximum absolute atomic E-state index is 13.1. The minimum atomic E-state index is -3.74. The number of para-hydroxylation sites is 1. The lowest BCUT2D eigenvalue weighted by atomic mass is 9.80. The van der Waals surface area contributed by atoms with E-state index >= 15 is 0 Å². The number of carbonyl (C=O) groups is 1. The Balaban J connectivity index is 1.55. The molecular weight excluding hydrogens is 383 g/mol. The average Bonchev–Trinajstić information content (AvgIpc) is 2.95. The van der Waals surface area contributed by atoms with Gasteiger partial charge in [-0.15, -0.1) is 0 Å². The summed E-state index contributed by atoms with van der Waals surface area (Å²) >= 11 is 0. The molecule has 1 aliphatic carbocycles. The molecule has 2 aliphatic rings. The van der Waals surface area contributed by atoms with Crippen molar-refractivity contribution in [1.82, 2.24) is 4.72 Å². The van der Waals surface area contributed by atoms with Crippen LogP contribution in [0.3, 0.4) is 0 Å². The smallest absolute Gasteiger partial charge is 0.323 e. The van der Waals surface area contributed by atoms with Gasteiger partial charge in [0.2, 0.25) is 10.0 Å². The van der Waals surface area contributed by atoms with Crippen LogP contribution in [0.15, 0.2) is 53.4 Å². The first-order chi connectivity index (χ1) is 13.3. The number of rotatable bonds is 5. The monoisotopic (exact) mass is 404 g/mol. The summed E-state index contributed by atoms with van der Waals surface area (Å²) in [5, 5.41) is 9.28. The Bertz CT molecular complexity index is 994. The molecule has 2 aromatic rings. The van der Waals surface area contributed by atoms with Crippen LogP contribution in [-0.4, -0.2) is 38.1 Å². The van der Waals surface area contributed by atoms with Crippen molar-refractivity contribution in [2.75, 3.05) is 11.4 Å². The van der Waals surface area contributed by atoms with E-state index in [9.17, 15) is 22.7 Å². The number of carboxylic acid groups (broad SMARTS) is 1. The zero-order valence-electron chi connectivity index (χ0n) is 15.1. The molecule has 0 aromatic heterocycles. The molecule has 0 amide bonds. The van der Waals surface area contributed by atoms with Crippen LogP contribution in [-0.2, 0) is 14.8 Å². The maximum atomic E-state index is 13.1. The van der Waals surface area contributed by atoms with E-state index in [2.05, 4.69) is 4.72 Å². The maximum Gasteiger partial charge on any atom is 0.323 e. The number of benzene rings is 2. The number of hydrogen-bond donors (Lipinski definition) is 2. The van der Waals surface area contributed by atoms with Gasteiger partial charge in [0.05, 0.1) is 4.90 Å². The fourth-order valence-electron chi connectivity index (χ4n) is 4.46. The third kappa shape index (κ3) is 3.49. The van der Waals surface area contributed by atoms with E-state index in [0.717, 1.165) is 23.4 Å². The second-order valence-electron chi connectivity index (χ2n) is 7.34. The number of sulfonamides is 1. The lowest BCUT2D eigenvalue weighted by molar-refractivity contribution is -0.135. The minimum absolute atomic E-state index is 0.0374. The Kier molecular flexibility index (Phi) is 4.84. The first-order valence-electron chi connectivity index (χ1n) is 9.20. The van der Waals surface area contributed by atoms with Gasteiger partial charge in [0, 0.05) is 23.7 Å². The Morgan fingerprint density at radius 1 is 1.14 bits per heavy atom. The highest BCUT2D eigenvalue weighted by Crippen LogP contribution is 2.47. The molecule has 1 heterocycles. The first kappa shape index (κ1) is 18.9. The van der Waals surface area contributed by atoms with Crippen LogP contribution in [0.25, 0.3) is 0 Å². The Labute approximate surface area is 163 Å². The normalized spacial score (nSPS) is 23.9. The lowest BCUT2D eigenvalue weighted by Gasteiger charge is -2.36. The summed E-state index contributed by atoms with van der Waals surface area (Å²) in [6.45, 7) is -0.0653. The van der Waals surface area contributed by atoms with E-state index in [1.54, 1.807) is 0 Å². The molecule has 0 saturated heterocycles. The second kappa shape index (κ2) is 7.18. The van der Waals surface area contributed by atoms with E-state index in [0.29, 0.717) is 19.3 Å². The first-order valence-corrected chi connectivity index (χ1v) is 10.7. The van der Waals surface area contributed by atoms with E-state index in [1.807, 2.05) is 29.2 Å². The van der Waals surface area contributed by atoms with Crippen molar-refractivity contribution < 1.29 is 22.7 Å². The molecule has 6 nitrogen and oxygen atoms in total. The van der Waals surface area contributed by atoms with Crippen LogP contribution in [0.1, 0.15) is 30.7 Å². The summed E-state index contributed by atoms with van der Waals surface area (Å²) in [7, 11) is -3.74. The lowest BCUT2D eigenvalue weighted by Crippen LogP contribution is -2.46. The van der Waals surface area contributed by atoms with Crippen LogP contribution in [0.5, 0.6) is 0 Å². The average molecular weight is 404 g/mol. The predicted octanol–water partition coefficient (Wildman–Crippen LogP) is 2.71. The fourth-order valence-corrected chi connectivity index (χ4v) is 5.74. The van der Waals surface area contributed by atoms with Crippen LogP contribution in [0.4, 0.5) is 10.1 Å². The molecule has 0 radical (unpaired) electrons. The molecule has 8 heteroatoms. The number of carboxylic acids is 1. The van der Waals surface area contributed by atoms with Crippen LogP contribution in [0, 0.1) is 5.82 Å². The molecule has 1 saturated carbocycles. The molecule has 1 fully saturated rings. The number of hydrogen-bond acceptors (Lipinski definition) is 4. The zero-order valence-corrected chi connectivity index (χ0v) is 15.9. The van der Waals surface area contributed by atoms with Gasteiger partial charge in [-0.1, -0.05) is 18.2 Å². The summed E-state index contributed by atoms with van der Waals surface area (Å²) in [4.78, 5) is 13.3. The van der Waals surface area contributed by atoms with Crippen LogP contribution >= 0.6 is 0 Å². The van der Waals surface area contributed by atoms with E-state index < -0.39 is 21.8 Å². The topological polar surface area (TPSA) is 86.7 Å². The largest absolute Gasteiger partial charge is 0.480 e. The summed E-state index contributed by atoms with van der Waals surface area (Å²) in [6.07, 6.45) is 1.91. The van der Waals surface area contributed by atoms with Gasteiger partial charge < -0.3 is 10.0 Å². The second-order valence-corrected chi connectivity index (χ2v) is 9.05. The molecular formula is C20H21FN2O4S.